The highest BCUT2D eigenvalue weighted by Gasteiger charge is 2.03. The van der Waals surface area contributed by atoms with Gasteiger partial charge in [-0.3, -0.25) is 4.79 Å². The molecule has 12 heavy (non-hydrogen) atoms. The van der Waals surface area contributed by atoms with Gasteiger partial charge in [-0.05, 0) is 18.2 Å². The highest BCUT2D eigenvalue weighted by atomic mass is 32.1. The predicted octanol–water partition coefficient (Wildman–Crippen LogP) is 1.74. The van der Waals surface area contributed by atoms with Crippen molar-refractivity contribution < 1.29 is 4.39 Å². The maximum absolute atomic E-state index is 12.7. The van der Waals surface area contributed by atoms with Crippen LogP contribution < -0.4 is 4.87 Å². The summed E-state index contributed by atoms with van der Waals surface area (Å²) in [5.41, 5.74) is 0.784. The zero-order valence-electron chi connectivity index (χ0n) is 6.37. The van der Waals surface area contributed by atoms with Gasteiger partial charge >= 0.3 is 4.87 Å². The lowest BCUT2D eigenvalue weighted by molar-refractivity contribution is 0.629. The zero-order chi connectivity index (χ0) is 8.72. The van der Waals surface area contributed by atoms with E-state index < -0.39 is 0 Å². The lowest BCUT2D eigenvalue weighted by Crippen LogP contribution is -2.06. The maximum Gasteiger partial charge on any atom is 0.307 e. The van der Waals surface area contributed by atoms with Gasteiger partial charge in [-0.2, -0.15) is 0 Å². The summed E-state index contributed by atoms with van der Waals surface area (Å²) in [6.07, 6.45) is 0. The van der Waals surface area contributed by atoms with Crippen molar-refractivity contribution in [2.24, 2.45) is 7.05 Å². The molecule has 0 aliphatic rings. The molecule has 0 saturated carbocycles. The van der Waals surface area contributed by atoms with Gasteiger partial charge in [-0.25, -0.2) is 4.39 Å². The second-order valence-electron chi connectivity index (χ2n) is 2.54. The van der Waals surface area contributed by atoms with Crippen molar-refractivity contribution in [1.29, 1.82) is 0 Å². The first kappa shape index (κ1) is 7.49. The second kappa shape index (κ2) is 2.42. The van der Waals surface area contributed by atoms with Crippen molar-refractivity contribution in [2.45, 2.75) is 0 Å². The molecule has 0 fully saturated rings. The van der Waals surface area contributed by atoms with E-state index in [1.807, 2.05) is 0 Å². The number of rotatable bonds is 0. The molecule has 0 N–H and O–H groups in total. The van der Waals surface area contributed by atoms with E-state index in [0.29, 0.717) is 4.70 Å². The molecule has 0 atom stereocenters. The third-order valence-corrected chi connectivity index (χ3v) is 2.75. The van der Waals surface area contributed by atoms with E-state index in [9.17, 15) is 9.18 Å². The molecule has 0 aliphatic carbocycles. The summed E-state index contributed by atoms with van der Waals surface area (Å²) in [4.78, 5) is 11.0. The first-order chi connectivity index (χ1) is 5.68. The Labute approximate surface area is 71.9 Å². The molecule has 2 nitrogen and oxygen atoms in total. The molecule has 1 aromatic carbocycles. The summed E-state index contributed by atoms with van der Waals surface area (Å²) in [5.74, 6) is -0.302. The smallest absolute Gasteiger partial charge is 0.302 e. The Morgan fingerprint density at radius 3 is 3.00 bits per heavy atom. The lowest BCUT2D eigenvalue weighted by atomic mass is 10.3. The standard InChI is InChI=1S/C8H6FNOS/c1-10-6-3-2-5(9)4-7(6)12-8(10)11/h2-4H,1H3. The topological polar surface area (TPSA) is 22.0 Å². The van der Waals surface area contributed by atoms with Crippen molar-refractivity contribution >= 4 is 21.6 Å². The summed E-state index contributed by atoms with van der Waals surface area (Å²) in [6, 6.07) is 4.35. The Balaban J connectivity index is 2.96. The Morgan fingerprint density at radius 2 is 2.25 bits per heavy atom. The van der Waals surface area contributed by atoms with E-state index in [4.69, 9.17) is 0 Å². The number of halogens is 1. The molecule has 62 valence electrons. The molecule has 0 bridgehead atoms. The molecule has 1 aromatic heterocycles. The maximum atomic E-state index is 12.7. The Kier molecular flexibility index (Phi) is 1.51. The number of fused-ring (bicyclic) bond motifs is 1. The quantitative estimate of drug-likeness (QED) is 0.609. The molecular weight excluding hydrogens is 177 g/mol. The first-order valence-corrected chi connectivity index (χ1v) is 4.25. The van der Waals surface area contributed by atoms with Gasteiger partial charge in [-0.15, -0.1) is 0 Å². The van der Waals surface area contributed by atoms with Crippen LogP contribution in [0.4, 0.5) is 4.39 Å². The molecule has 2 rings (SSSR count). The number of aromatic nitrogens is 1. The second-order valence-corrected chi connectivity index (χ2v) is 3.53. The zero-order valence-corrected chi connectivity index (χ0v) is 7.19. The van der Waals surface area contributed by atoms with E-state index in [-0.39, 0.29) is 10.7 Å². The minimum Gasteiger partial charge on any atom is -0.302 e. The van der Waals surface area contributed by atoms with Crippen LogP contribution in [0.5, 0.6) is 0 Å². The molecule has 0 spiro atoms. The summed E-state index contributed by atoms with van der Waals surface area (Å²) in [7, 11) is 1.68. The van der Waals surface area contributed by atoms with Crippen LogP contribution in [0, 0.1) is 5.82 Å². The molecule has 0 saturated heterocycles. The van der Waals surface area contributed by atoms with Crippen molar-refractivity contribution in [2.75, 3.05) is 0 Å². The minimum absolute atomic E-state index is 0.0596. The summed E-state index contributed by atoms with van der Waals surface area (Å²) in [6.45, 7) is 0. The number of thiazole rings is 1. The van der Waals surface area contributed by atoms with Gasteiger partial charge in [0.1, 0.15) is 5.82 Å². The number of benzene rings is 1. The van der Waals surface area contributed by atoms with Crippen LogP contribution >= 0.6 is 11.3 Å². The van der Waals surface area contributed by atoms with E-state index in [2.05, 4.69) is 0 Å². The third kappa shape index (κ3) is 0.956. The van der Waals surface area contributed by atoms with Crippen molar-refractivity contribution in [3.05, 3.63) is 33.7 Å². The number of hydrogen-bond donors (Lipinski definition) is 0. The van der Waals surface area contributed by atoms with Crippen LogP contribution in [0.3, 0.4) is 0 Å². The van der Waals surface area contributed by atoms with Crippen LogP contribution in [-0.2, 0) is 7.05 Å². The summed E-state index contributed by atoms with van der Waals surface area (Å²) >= 11 is 1.06. The van der Waals surface area contributed by atoms with Crippen LogP contribution in [0.25, 0.3) is 10.2 Å². The average Bonchev–Trinajstić information content (AvgIpc) is 2.28. The Morgan fingerprint density at radius 1 is 1.50 bits per heavy atom. The fourth-order valence-electron chi connectivity index (χ4n) is 1.11. The lowest BCUT2D eigenvalue weighted by Gasteiger charge is -1.91. The third-order valence-electron chi connectivity index (χ3n) is 1.75. The summed E-state index contributed by atoms with van der Waals surface area (Å²) < 4.78 is 14.9. The SMILES string of the molecule is Cn1c(=O)sc2cc(F)ccc21. The fraction of sp³-hybridized carbons (Fsp3) is 0.125. The van der Waals surface area contributed by atoms with Gasteiger partial charge in [0, 0.05) is 7.05 Å². The van der Waals surface area contributed by atoms with Gasteiger partial charge in [0.2, 0.25) is 0 Å². The van der Waals surface area contributed by atoms with E-state index in [1.165, 1.54) is 16.7 Å². The van der Waals surface area contributed by atoms with Crippen LogP contribution in [-0.4, -0.2) is 4.57 Å². The van der Waals surface area contributed by atoms with Gasteiger partial charge in [0.05, 0.1) is 10.2 Å². The van der Waals surface area contributed by atoms with Gasteiger partial charge in [0.15, 0.2) is 0 Å². The van der Waals surface area contributed by atoms with Gasteiger partial charge in [0.25, 0.3) is 0 Å². The molecule has 1 heterocycles. The number of nitrogens with zero attached hydrogens (tertiary/aromatic N) is 1. The molecule has 0 amide bonds. The van der Waals surface area contributed by atoms with Crippen LogP contribution in [0.1, 0.15) is 0 Å². The van der Waals surface area contributed by atoms with Gasteiger partial charge < -0.3 is 4.57 Å². The van der Waals surface area contributed by atoms with Crippen molar-refractivity contribution in [3.63, 3.8) is 0 Å². The monoisotopic (exact) mass is 183 g/mol. The van der Waals surface area contributed by atoms with Crippen molar-refractivity contribution in [3.8, 4) is 0 Å². The highest BCUT2D eigenvalue weighted by molar-refractivity contribution is 7.16. The molecule has 0 radical (unpaired) electrons. The molecular formula is C8H6FNOS. The van der Waals surface area contributed by atoms with Crippen LogP contribution in [0.15, 0.2) is 23.0 Å². The normalized spacial score (nSPS) is 10.8. The predicted molar refractivity (Wildman–Crippen MR) is 47.0 cm³/mol. The Hall–Kier alpha value is -1.16. The van der Waals surface area contributed by atoms with Crippen molar-refractivity contribution in [1.82, 2.24) is 4.57 Å². The Bertz CT molecular complexity index is 485. The largest absolute Gasteiger partial charge is 0.307 e. The van der Waals surface area contributed by atoms with E-state index >= 15 is 0 Å². The minimum atomic E-state index is -0.302. The van der Waals surface area contributed by atoms with Gasteiger partial charge in [-0.1, -0.05) is 11.3 Å². The number of hydrogen-bond acceptors (Lipinski definition) is 2. The number of aryl methyl sites for hydroxylation is 1. The molecule has 0 unspecified atom stereocenters. The fourth-order valence-corrected chi connectivity index (χ4v) is 2.01. The molecule has 2 aromatic rings. The van der Waals surface area contributed by atoms with E-state index in [1.54, 1.807) is 13.1 Å². The first-order valence-electron chi connectivity index (χ1n) is 3.43. The van der Waals surface area contributed by atoms with E-state index in [0.717, 1.165) is 16.9 Å². The average molecular weight is 183 g/mol. The molecule has 0 aliphatic heterocycles. The summed E-state index contributed by atoms with van der Waals surface area (Å²) in [5, 5.41) is 0. The highest BCUT2D eigenvalue weighted by Crippen LogP contribution is 2.16. The molecule has 4 heteroatoms. The van der Waals surface area contributed by atoms with Crippen LogP contribution in [0.2, 0.25) is 0 Å².